The van der Waals surface area contributed by atoms with Gasteiger partial charge in [0.15, 0.2) is 0 Å². The number of carbonyl (C=O) groups excluding carboxylic acids is 1. The number of benzene rings is 1. The summed E-state index contributed by atoms with van der Waals surface area (Å²) in [4.78, 5) is 12.0. The van der Waals surface area contributed by atoms with Crippen LogP contribution in [0, 0.1) is 0 Å². The smallest absolute Gasteiger partial charge is 0.221 e. The zero-order valence-corrected chi connectivity index (χ0v) is 14.1. The molecule has 1 heterocycles. The van der Waals surface area contributed by atoms with Gasteiger partial charge in [0.1, 0.15) is 5.75 Å². The minimum absolute atomic E-state index is 0.0109. The van der Waals surface area contributed by atoms with E-state index in [1.54, 1.807) is 0 Å². The van der Waals surface area contributed by atoms with Crippen LogP contribution in [0.5, 0.6) is 5.75 Å². The summed E-state index contributed by atoms with van der Waals surface area (Å²) in [7, 11) is 0. The van der Waals surface area contributed by atoms with E-state index in [4.69, 9.17) is 15.2 Å². The fourth-order valence-electron chi connectivity index (χ4n) is 3.03. The van der Waals surface area contributed by atoms with Gasteiger partial charge in [-0.3, -0.25) is 4.79 Å². The molecule has 1 atom stereocenters. The van der Waals surface area contributed by atoms with E-state index in [1.165, 1.54) is 5.56 Å². The second kappa shape index (κ2) is 8.31. The van der Waals surface area contributed by atoms with Crippen LogP contribution in [0.15, 0.2) is 24.3 Å². The van der Waals surface area contributed by atoms with Gasteiger partial charge in [0.05, 0.1) is 6.61 Å². The number of hydrogen-bond donors (Lipinski definition) is 2. The van der Waals surface area contributed by atoms with Gasteiger partial charge >= 0.3 is 0 Å². The second-order valence-corrected chi connectivity index (χ2v) is 6.31. The average Bonchev–Trinajstić information content (AvgIpc) is 2.54. The van der Waals surface area contributed by atoms with Crippen molar-refractivity contribution in [3.63, 3.8) is 0 Å². The first-order valence-corrected chi connectivity index (χ1v) is 8.39. The molecule has 0 saturated carbocycles. The third kappa shape index (κ3) is 4.94. The van der Waals surface area contributed by atoms with E-state index in [2.05, 4.69) is 17.4 Å². The highest BCUT2D eigenvalue weighted by atomic mass is 16.5. The maximum atomic E-state index is 12.0. The van der Waals surface area contributed by atoms with Crippen molar-refractivity contribution in [2.75, 3.05) is 26.4 Å². The van der Waals surface area contributed by atoms with Crippen LogP contribution in [0.3, 0.4) is 0 Å². The van der Waals surface area contributed by atoms with Crippen molar-refractivity contribution >= 4 is 5.91 Å². The van der Waals surface area contributed by atoms with Crippen molar-refractivity contribution in [1.82, 2.24) is 5.32 Å². The summed E-state index contributed by atoms with van der Waals surface area (Å²) in [6.07, 6.45) is 2.16. The lowest BCUT2D eigenvalue weighted by Crippen LogP contribution is -2.45. The number of hydrogen-bond acceptors (Lipinski definition) is 4. The Bertz CT molecular complexity index is 493. The van der Waals surface area contributed by atoms with Crippen LogP contribution < -0.4 is 15.8 Å². The highest BCUT2D eigenvalue weighted by Crippen LogP contribution is 2.35. The highest BCUT2D eigenvalue weighted by molar-refractivity contribution is 5.76. The SMILES string of the molecule is CCOc1ccc(C2(CNC(=O)CC(C)N)CCOCC2)cc1. The summed E-state index contributed by atoms with van der Waals surface area (Å²) in [6, 6.07) is 8.09. The van der Waals surface area contributed by atoms with Crippen LogP contribution in [0.2, 0.25) is 0 Å². The minimum Gasteiger partial charge on any atom is -0.494 e. The van der Waals surface area contributed by atoms with E-state index >= 15 is 0 Å². The Balaban J connectivity index is 2.10. The van der Waals surface area contributed by atoms with Gasteiger partial charge in [-0.1, -0.05) is 12.1 Å². The highest BCUT2D eigenvalue weighted by Gasteiger charge is 2.34. The first-order chi connectivity index (χ1) is 11.1. The van der Waals surface area contributed by atoms with E-state index in [9.17, 15) is 4.79 Å². The van der Waals surface area contributed by atoms with Crippen LogP contribution in [0.1, 0.15) is 38.7 Å². The number of rotatable bonds is 7. The average molecular weight is 320 g/mol. The third-order valence-electron chi connectivity index (χ3n) is 4.36. The molecule has 0 aromatic heterocycles. The van der Waals surface area contributed by atoms with Crippen LogP contribution >= 0.6 is 0 Å². The summed E-state index contributed by atoms with van der Waals surface area (Å²) in [6.45, 7) is 6.53. The molecule has 0 bridgehead atoms. The topological polar surface area (TPSA) is 73.6 Å². The Labute approximate surface area is 138 Å². The Morgan fingerprint density at radius 1 is 1.35 bits per heavy atom. The molecule has 128 valence electrons. The van der Waals surface area contributed by atoms with Gasteiger partial charge < -0.3 is 20.5 Å². The second-order valence-electron chi connectivity index (χ2n) is 6.31. The van der Waals surface area contributed by atoms with E-state index in [0.717, 1.165) is 31.8 Å². The van der Waals surface area contributed by atoms with Gasteiger partial charge in [-0.25, -0.2) is 0 Å². The van der Waals surface area contributed by atoms with Crippen molar-refractivity contribution in [2.24, 2.45) is 5.73 Å². The molecule has 5 heteroatoms. The molecule has 1 aromatic carbocycles. The summed E-state index contributed by atoms with van der Waals surface area (Å²) in [5.41, 5.74) is 6.85. The molecule has 0 radical (unpaired) electrons. The van der Waals surface area contributed by atoms with Crippen molar-refractivity contribution in [3.8, 4) is 5.75 Å². The van der Waals surface area contributed by atoms with Crippen LogP contribution in [-0.4, -0.2) is 38.3 Å². The summed E-state index contributed by atoms with van der Waals surface area (Å²) < 4.78 is 11.0. The fourth-order valence-corrected chi connectivity index (χ4v) is 3.03. The van der Waals surface area contributed by atoms with E-state index in [-0.39, 0.29) is 17.4 Å². The van der Waals surface area contributed by atoms with E-state index in [1.807, 2.05) is 26.0 Å². The van der Waals surface area contributed by atoms with Gasteiger partial charge in [-0.05, 0) is 44.4 Å². The van der Waals surface area contributed by atoms with Gasteiger partial charge in [0.2, 0.25) is 5.91 Å². The lowest BCUT2D eigenvalue weighted by Gasteiger charge is -2.38. The van der Waals surface area contributed by atoms with Crippen molar-refractivity contribution in [2.45, 2.75) is 44.6 Å². The maximum Gasteiger partial charge on any atom is 0.221 e. The Morgan fingerprint density at radius 3 is 2.57 bits per heavy atom. The maximum absolute atomic E-state index is 12.0. The Morgan fingerprint density at radius 2 is 2.00 bits per heavy atom. The van der Waals surface area contributed by atoms with Crippen molar-refractivity contribution in [1.29, 1.82) is 0 Å². The van der Waals surface area contributed by atoms with Gasteiger partial charge in [-0.15, -0.1) is 0 Å². The Kier molecular flexibility index (Phi) is 6.42. The van der Waals surface area contributed by atoms with Gasteiger partial charge in [-0.2, -0.15) is 0 Å². The zero-order chi connectivity index (χ0) is 16.7. The lowest BCUT2D eigenvalue weighted by molar-refractivity contribution is -0.121. The van der Waals surface area contributed by atoms with E-state index in [0.29, 0.717) is 19.6 Å². The van der Waals surface area contributed by atoms with Gasteiger partial charge in [0, 0.05) is 37.6 Å². The lowest BCUT2D eigenvalue weighted by atomic mass is 9.74. The first kappa shape index (κ1) is 17.8. The quantitative estimate of drug-likeness (QED) is 0.806. The molecule has 0 spiro atoms. The predicted molar refractivity (Wildman–Crippen MR) is 90.6 cm³/mol. The standard InChI is InChI=1S/C18H28N2O3/c1-3-23-16-6-4-15(5-7-16)18(8-10-22-11-9-18)13-20-17(21)12-14(2)19/h4-7,14H,3,8-13,19H2,1-2H3,(H,20,21). The molecule has 1 amide bonds. The zero-order valence-electron chi connectivity index (χ0n) is 14.1. The third-order valence-corrected chi connectivity index (χ3v) is 4.36. The molecule has 5 nitrogen and oxygen atoms in total. The molecule has 23 heavy (non-hydrogen) atoms. The number of carbonyl (C=O) groups is 1. The van der Waals surface area contributed by atoms with Crippen molar-refractivity contribution < 1.29 is 14.3 Å². The van der Waals surface area contributed by atoms with Gasteiger partial charge in [0.25, 0.3) is 0 Å². The summed E-state index contributed by atoms with van der Waals surface area (Å²) >= 11 is 0. The number of nitrogens with two attached hydrogens (primary N) is 1. The molecule has 1 unspecified atom stereocenters. The number of nitrogens with one attached hydrogen (secondary N) is 1. The number of ether oxygens (including phenoxy) is 2. The Hall–Kier alpha value is -1.59. The summed E-state index contributed by atoms with van der Waals surface area (Å²) in [5, 5.41) is 3.06. The van der Waals surface area contributed by atoms with Crippen molar-refractivity contribution in [3.05, 3.63) is 29.8 Å². The molecule has 3 N–H and O–H groups in total. The van der Waals surface area contributed by atoms with Crippen LogP contribution in [0.4, 0.5) is 0 Å². The normalized spacial score (nSPS) is 18.2. The molecule has 1 fully saturated rings. The first-order valence-electron chi connectivity index (χ1n) is 8.39. The fraction of sp³-hybridized carbons (Fsp3) is 0.611. The molecular formula is C18H28N2O3. The van der Waals surface area contributed by atoms with Crippen LogP contribution in [0.25, 0.3) is 0 Å². The van der Waals surface area contributed by atoms with Crippen LogP contribution in [-0.2, 0) is 14.9 Å². The van der Waals surface area contributed by atoms with E-state index < -0.39 is 0 Å². The molecule has 2 rings (SSSR count). The molecule has 0 aliphatic carbocycles. The molecule has 1 aromatic rings. The summed E-state index contributed by atoms with van der Waals surface area (Å²) in [5.74, 6) is 0.885. The largest absolute Gasteiger partial charge is 0.494 e. The monoisotopic (exact) mass is 320 g/mol. The number of amides is 1. The molecule has 1 aliphatic rings. The molecule has 1 aliphatic heterocycles. The minimum atomic E-state index is -0.119. The molecular weight excluding hydrogens is 292 g/mol. The predicted octanol–water partition coefficient (Wildman–Crippen LogP) is 1.99. The molecule has 1 saturated heterocycles.